The SMILES string of the molecule is Cc1cc2[nH]ncc2c(-c2ncc3c(N4CCCC5(C4)CC(F)(F)C5)nc(OC[C@@]45CCCN4C[C@H](F)C5)nc3c2F)c1C1CC1. The minimum atomic E-state index is -2.65. The highest BCUT2D eigenvalue weighted by atomic mass is 19.3. The van der Waals surface area contributed by atoms with E-state index in [1.54, 1.807) is 12.4 Å². The first-order valence-electron chi connectivity index (χ1n) is 16.6. The number of aryl methyl sites for hydroxylation is 1. The highest BCUT2D eigenvalue weighted by Gasteiger charge is 2.57. The van der Waals surface area contributed by atoms with E-state index in [1.807, 2.05) is 11.8 Å². The smallest absolute Gasteiger partial charge is 0.319 e. The van der Waals surface area contributed by atoms with E-state index in [1.165, 1.54) is 0 Å². The lowest BCUT2D eigenvalue weighted by Crippen LogP contribution is -2.55. The second-order valence-electron chi connectivity index (χ2n) is 14.7. The monoisotopic (exact) mass is 635 g/mol. The molecule has 3 saturated heterocycles. The number of hydrogen-bond acceptors (Lipinski definition) is 7. The van der Waals surface area contributed by atoms with E-state index >= 15 is 4.39 Å². The molecule has 0 radical (unpaired) electrons. The van der Waals surface area contributed by atoms with Gasteiger partial charge in [-0.05, 0) is 80.5 Å². The molecule has 3 aliphatic heterocycles. The highest BCUT2D eigenvalue weighted by Crippen LogP contribution is 2.57. The molecule has 5 aliphatic rings. The van der Waals surface area contributed by atoms with E-state index in [2.05, 4.69) is 26.1 Å². The summed E-state index contributed by atoms with van der Waals surface area (Å²) in [5.74, 6) is -2.45. The molecule has 0 amide bonds. The molecule has 1 N–H and O–H groups in total. The number of fused-ring (bicyclic) bond motifs is 3. The molecule has 3 aromatic heterocycles. The van der Waals surface area contributed by atoms with Gasteiger partial charge in [0.05, 0.1) is 22.6 Å². The zero-order chi connectivity index (χ0) is 31.4. The van der Waals surface area contributed by atoms with Gasteiger partial charge in [0.15, 0.2) is 5.82 Å². The van der Waals surface area contributed by atoms with Gasteiger partial charge in [-0.3, -0.25) is 15.0 Å². The molecule has 2 saturated carbocycles. The van der Waals surface area contributed by atoms with Crippen LogP contribution in [0.4, 0.5) is 23.4 Å². The van der Waals surface area contributed by atoms with Crippen molar-refractivity contribution >= 4 is 27.6 Å². The first-order chi connectivity index (χ1) is 22.1. The van der Waals surface area contributed by atoms with E-state index < -0.39 is 28.9 Å². The van der Waals surface area contributed by atoms with Crippen molar-refractivity contribution in [1.82, 2.24) is 30.0 Å². The summed E-state index contributed by atoms with van der Waals surface area (Å²) >= 11 is 0. The molecule has 2 aliphatic carbocycles. The molecule has 0 unspecified atom stereocenters. The fourth-order valence-corrected chi connectivity index (χ4v) is 9.27. The Bertz CT molecular complexity index is 1870. The number of halogens is 4. The molecule has 9 rings (SSSR count). The Balaban J connectivity index is 1.17. The highest BCUT2D eigenvalue weighted by molar-refractivity contribution is 5.99. The molecule has 5 fully saturated rings. The second-order valence-corrected chi connectivity index (χ2v) is 14.7. The summed E-state index contributed by atoms with van der Waals surface area (Å²) in [5.41, 5.74) is 3.03. The van der Waals surface area contributed by atoms with Gasteiger partial charge in [-0.1, -0.05) is 0 Å². The van der Waals surface area contributed by atoms with Gasteiger partial charge in [-0.2, -0.15) is 15.1 Å². The van der Waals surface area contributed by atoms with E-state index in [4.69, 9.17) is 14.7 Å². The summed E-state index contributed by atoms with van der Waals surface area (Å²) in [5, 5.41) is 8.50. The van der Waals surface area contributed by atoms with E-state index in [0.717, 1.165) is 72.7 Å². The van der Waals surface area contributed by atoms with Gasteiger partial charge in [0.2, 0.25) is 5.92 Å². The quantitative estimate of drug-likeness (QED) is 0.232. The molecular formula is C34H37F4N7O. The number of rotatable bonds is 6. The van der Waals surface area contributed by atoms with E-state index in [-0.39, 0.29) is 36.7 Å². The summed E-state index contributed by atoms with van der Waals surface area (Å²) in [7, 11) is 0. The van der Waals surface area contributed by atoms with Crippen molar-refractivity contribution in [3.63, 3.8) is 0 Å². The minimum absolute atomic E-state index is 0.0146. The number of hydrogen-bond donors (Lipinski definition) is 1. The van der Waals surface area contributed by atoms with Crippen LogP contribution in [0.3, 0.4) is 0 Å². The zero-order valence-corrected chi connectivity index (χ0v) is 25.9. The molecule has 0 bridgehead atoms. The van der Waals surface area contributed by atoms with Crippen LogP contribution in [0.2, 0.25) is 0 Å². The molecular weight excluding hydrogens is 598 g/mol. The average Bonchev–Trinajstić information content (AvgIpc) is 3.47. The molecule has 4 aromatic rings. The average molecular weight is 636 g/mol. The fourth-order valence-electron chi connectivity index (χ4n) is 9.27. The number of benzene rings is 1. The van der Waals surface area contributed by atoms with Crippen LogP contribution in [0.25, 0.3) is 33.1 Å². The van der Waals surface area contributed by atoms with Crippen LogP contribution in [0, 0.1) is 18.2 Å². The summed E-state index contributed by atoms with van der Waals surface area (Å²) in [4.78, 5) is 18.3. The Kier molecular flexibility index (Phi) is 6.22. The number of aromatic amines is 1. The lowest BCUT2D eigenvalue weighted by Gasteiger charge is -2.52. The maximum Gasteiger partial charge on any atom is 0.319 e. The van der Waals surface area contributed by atoms with Crippen LogP contribution in [0.1, 0.15) is 74.8 Å². The third-order valence-corrected chi connectivity index (χ3v) is 11.3. The Morgan fingerprint density at radius 1 is 1.07 bits per heavy atom. The molecule has 46 heavy (non-hydrogen) atoms. The molecule has 8 nitrogen and oxygen atoms in total. The number of pyridine rings is 1. The lowest BCUT2D eigenvalue weighted by molar-refractivity contribution is -0.163. The van der Waals surface area contributed by atoms with Crippen molar-refractivity contribution in [2.24, 2.45) is 5.41 Å². The Morgan fingerprint density at radius 3 is 2.70 bits per heavy atom. The number of H-pyrrole nitrogens is 1. The number of anilines is 1. The van der Waals surface area contributed by atoms with Crippen molar-refractivity contribution in [2.75, 3.05) is 37.7 Å². The van der Waals surface area contributed by atoms with Crippen LogP contribution >= 0.6 is 0 Å². The van der Waals surface area contributed by atoms with Crippen LogP contribution in [-0.2, 0) is 0 Å². The standard InChI is InChI=1S/C34H37F4N7O/c1-19-10-24-22(13-40-43-24)26(25(19)20-4-5-20)29-27(36)28-23(12-39-29)30(44-8-2-6-32(17-44)15-34(37,38)16-32)42-31(41-28)46-18-33-7-3-9-45(33)14-21(35)11-33/h10,12-13,20-21H,2-9,11,14-18H2,1H3,(H,40,43)/t21-,33+/m1/s1. The van der Waals surface area contributed by atoms with Crippen molar-refractivity contribution in [3.8, 4) is 17.3 Å². The normalized spacial score (nSPS) is 27.1. The predicted molar refractivity (Wildman–Crippen MR) is 166 cm³/mol. The maximum absolute atomic E-state index is 17.0. The predicted octanol–water partition coefficient (Wildman–Crippen LogP) is 6.86. The number of nitrogens with one attached hydrogen (secondary N) is 1. The first kappa shape index (κ1) is 28.7. The molecule has 242 valence electrons. The van der Waals surface area contributed by atoms with E-state index in [0.29, 0.717) is 43.2 Å². The van der Waals surface area contributed by atoms with Gasteiger partial charge in [-0.15, -0.1) is 0 Å². The van der Waals surface area contributed by atoms with Gasteiger partial charge < -0.3 is 9.64 Å². The van der Waals surface area contributed by atoms with Gasteiger partial charge in [0.25, 0.3) is 0 Å². The van der Waals surface area contributed by atoms with Gasteiger partial charge in [0, 0.05) is 56.0 Å². The molecule has 12 heteroatoms. The number of ether oxygens (including phenoxy) is 1. The molecule has 2 atom stereocenters. The number of nitrogens with zero attached hydrogens (tertiary/aromatic N) is 6. The Hall–Kier alpha value is -3.54. The number of aromatic nitrogens is 5. The molecule has 1 spiro atoms. The van der Waals surface area contributed by atoms with E-state index in [9.17, 15) is 13.2 Å². The van der Waals surface area contributed by atoms with Crippen molar-refractivity contribution < 1.29 is 22.3 Å². The van der Waals surface area contributed by atoms with Gasteiger partial charge in [-0.25, -0.2) is 17.6 Å². The number of piperidine rings is 1. The van der Waals surface area contributed by atoms with Crippen molar-refractivity contribution in [2.45, 2.75) is 88.3 Å². The van der Waals surface area contributed by atoms with Gasteiger partial charge >= 0.3 is 6.01 Å². The summed E-state index contributed by atoms with van der Waals surface area (Å²) < 4.78 is 66.0. The topological polar surface area (TPSA) is 83.1 Å². The van der Waals surface area contributed by atoms with Crippen LogP contribution in [0.15, 0.2) is 18.5 Å². The zero-order valence-electron chi connectivity index (χ0n) is 25.9. The van der Waals surface area contributed by atoms with Crippen molar-refractivity contribution in [1.29, 1.82) is 0 Å². The Morgan fingerprint density at radius 2 is 1.89 bits per heavy atom. The lowest BCUT2D eigenvalue weighted by atomic mass is 9.62. The second kappa shape index (κ2) is 9.98. The van der Waals surface area contributed by atoms with Crippen molar-refractivity contribution in [3.05, 3.63) is 35.4 Å². The Labute approximate surface area is 263 Å². The third kappa shape index (κ3) is 4.49. The third-order valence-electron chi connectivity index (χ3n) is 11.3. The first-order valence-corrected chi connectivity index (χ1v) is 16.6. The van der Waals surface area contributed by atoms with Gasteiger partial charge in [0.1, 0.15) is 29.8 Å². The fraction of sp³-hybridized carbons (Fsp3) is 0.588. The molecule has 1 aromatic carbocycles. The van der Waals surface area contributed by atoms with Crippen LogP contribution in [0.5, 0.6) is 6.01 Å². The molecule has 6 heterocycles. The summed E-state index contributed by atoms with van der Waals surface area (Å²) in [6.45, 7) is 4.45. The maximum atomic E-state index is 17.0. The van der Waals surface area contributed by atoms with Crippen LogP contribution < -0.4 is 9.64 Å². The largest absolute Gasteiger partial charge is 0.461 e. The summed E-state index contributed by atoms with van der Waals surface area (Å²) in [6.07, 6.45) is 7.81. The minimum Gasteiger partial charge on any atom is -0.461 e. The summed E-state index contributed by atoms with van der Waals surface area (Å²) in [6, 6.07) is 2.07. The van der Waals surface area contributed by atoms with Crippen LogP contribution in [-0.4, -0.2) is 80.5 Å². The number of alkyl halides is 3.